The van der Waals surface area contributed by atoms with Gasteiger partial charge in [-0.05, 0) is 0 Å². The third-order valence-electron chi connectivity index (χ3n) is 1.23. The molecule has 0 fully saturated rings. The molecule has 12 heavy (non-hydrogen) atoms. The van der Waals surface area contributed by atoms with Gasteiger partial charge in [-0.25, -0.2) is 4.79 Å². The average molecular weight is 169 g/mol. The highest BCUT2D eigenvalue weighted by molar-refractivity contribution is 5.91. The van der Waals surface area contributed by atoms with Crippen LogP contribution in [0.5, 0.6) is 0 Å². The van der Waals surface area contributed by atoms with Crippen LogP contribution < -0.4 is 16.6 Å². The molecule has 3 N–H and O–H groups in total. The van der Waals surface area contributed by atoms with Crippen molar-refractivity contribution in [1.82, 2.24) is 15.3 Å². The molecule has 0 unspecified atom stereocenters. The van der Waals surface area contributed by atoms with Crippen LogP contribution in [0.25, 0.3) is 0 Å². The van der Waals surface area contributed by atoms with Gasteiger partial charge < -0.3 is 10.3 Å². The zero-order valence-electron chi connectivity index (χ0n) is 6.30. The lowest BCUT2D eigenvalue weighted by Crippen LogP contribution is -2.28. The van der Waals surface area contributed by atoms with E-state index in [9.17, 15) is 14.4 Å². The average Bonchev–Trinajstić information content (AvgIpc) is 2.01. The van der Waals surface area contributed by atoms with Crippen molar-refractivity contribution in [1.29, 1.82) is 0 Å². The molecule has 0 spiro atoms. The number of amides is 1. The standard InChI is InChI=1S/C6H7N3O3/c1-7-5(11)3-2-4(10)9-6(12)8-3/h2H,1H3,(H,7,11)(H2,8,9,10,12). The minimum absolute atomic E-state index is 0.0498. The van der Waals surface area contributed by atoms with Crippen molar-refractivity contribution in [2.45, 2.75) is 0 Å². The minimum Gasteiger partial charge on any atom is -0.354 e. The Labute approximate surface area is 66.6 Å². The van der Waals surface area contributed by atoms with E-state index in [1.54, 1.807) is 0 Å². The summed E-state index contributed by atoms with van der Waals surface area (Å²) in [6.45, 7) is 0. The largest absolute Gasteiger partial charge is 0.354 e. The molecule has 0 bridgehead atoms. The minimum atomic E-state index is -0.693. The lowest BCUT2D eigenvalue weighted by Gasteiger charge is -1.96. The van der Waals surface area contributed by atoms with Crippen LogP contribution in [0.3, 0.4) is 0 Å². The summed E-state index contributed by atoms with van der Waals surface area (Å²) >= 11 is 0. The Balaban J connectivity index is 3.27. The highest BCUT2D eigenvalue weighted by Gasteiger charge is 2.03. The van der Waals surface area contributed by atoms with Crippen LogP contribution in [0.4, 0.5) is 0 Å². The van der Waals surface area contributed by atoms with E-state index in [0.29, 0.717) is 0 Å². The van der Waals surface area contributed by atoms with E-state index < -0.39 is 17.2 Å². The zero-order chi connectivity index (χ0) is 9.14. The molecule has 0 aliphatic heterocycles. The summed E-state index contributed by atoms with van der Waals surface area (Å²) in [5, 5.41) is 2.27. The Kier molecular flexibility index (Phi) is 2.09. The van der Waals surface area contributed by atoms with Crippen LogP contribution >= 0.6 is 0 Å². The maximum Gasteiger partial charge on any atom is 0.326 e. The Hall–Kier alpha value is -1.85. The van der Waals surface area contributed by atoms with E-state index >= 15 is 0 Å². The summed E-state index contributed by atoms with van der Waals surface area (Å²) in [6.07, 6.45) is 0. The number of aromatic amines is 2. The molecule has 0 radical (unpaired) electrons. The Morgan fingerprint density at radius 3 is 2.58 bits per heavy atom. The summed E-state index contributed by atoms with van der Waals surface area (Å²) < 4.78 is 0. The van der Waals surface area contributed by atoms with E-state index in [1.165, 1.54) is 7.05 Å². The zero-order valence-corrected chi connectivity index (χ0v) is 6.30. The Morgan fingerprint density at radius 2 is 2.08 bits per heavy atom. The second kappa shape index (κ2) is 3.04. The number of nitrogens with one attached hydrogen (secondary N) is 3. The Morgan fingerprint density at radius 1 is 1.42 bits per heavy atom. The number of H-pyrrole nitrogens is 2. The second-order valence-corrected chi connectivity index (χ2v) is 2.08. The van der Waals surface area contributed by atoms with Crippen LogP contribution in [0, 0.1) is 0 Å². The molecule has 0 aliphatic rings. The molecule has 0 aromatic carbocycles. The highest BCUT2D eigenvalue weighted by atomic mass is 16.2. The van der Waals surface area contributed by atoms with Gasteiger partial charge in [-0.1, -0.05) is 0 Å². The predicted octanol–water partition coefficient (Wildman–Crippen LogP) is -1.58. The molecule has 1 heterocycles. The van der Waals surface area contributed by atoms with Gasteiger partial charge in [0.15, 0.2) is 0 Å². The fourth-order valence-electron chi connectivity index (χ4n) is 0.726. The molecular weight excluding hydrogens is 162 g/mol. The number of hydrogen-bond donors (Lipinski definition) is 3. The third-order valence-corrected chi connectivity index (χ3v) is 1.23. The maximum atomic E-state index is 10.9. The summed E-state index contributed by atoms with van der Waals surface area (Å²) in [5.41, 5.74) is -1.34. The van der Waals surface area contributed by atoms with E-state index in [2.05, 4.69) is 10.3 Å². The summed E-state index contributed by atoms with van der Waals surface area (Å²) in [4.78, 5) is 36.3. The topological polar surface area (TPSA) is 94.8 Å². The van der Waals surface area contributed by atoms with Gasteiger partial charge in [-0.3, -0.25) is 14.6 Å². The van der Waals surface area contributed by atoms with Gasteiger partial charge in [0.1, 0.15) is 5.69 Å². The van der Waals surface area contributed by atoms with Crippen LogP contribution in [0.1, 0.15) is 10.5 Å². The molecule has 0 atom stereocenters. The fourth-order valence-corrected chi connectivity index (χ4v) is 0.726. The molecule has 64 valence electrons. The van der Waals surface area contributed by atoms with Gasteiger partial charge in [0.05, 0.1) is 0 Å². The number of rotatable bonds is 1. The van der Waals surface area contributed by atoms with Gasteiger partial charge in [0.25, 0.3) is 11.5 Å². The number of carbonyl (C=O) groups excluding carboxylic acids is 1. The van der Waals surface area contributed by atoms with Crippen molar-refractivity contribution in [3.05, 3.63) is 32.6 Å². The van der Waals surface area contributed by atoms with Crippen LogP contribution in [-0.4, -0.2) is 22.9 Å². The van der Waals surface area contributed by atoms with Gasteiger partial charge in [0, 0.05) is 13.1 Å². The lowest BCUT2D eigenvalue weighted by molar-refractivity contribution is 0.0957. The molecule has 0 saturated heterocycles. The van der Waals surface area contributed by atoms with Crippen molar-refractivity contribution >= 4 is 5.91 Å². The van der Waals surface area contributed by atoms with E-state index in [0.717, 1.165) is 6.07 Å². The normalized spacial score (nSPS) is 9.42. The smallest absolute Gasteiger partial charge is 0.326 e. The van der Waals surface area contributed by atoms with Crippen molar-refractivity contribution in [3.8, 4) is 0 Å². The second-order valence-electron chi connectivity index (χ2n) is 2.08. The first-order chi connectivity index (χ1) is 5.63. The van der Waals surface area contributed by atoms with Crippen molar-refractivity contribution in [2.75, 3.05) is 7.05 Å². The van der Waals surface area contributed by atoms with E-state index in [-0.39, 0.29) is 5.69 Å². The molecule has 0 saturated carbocycles. The van der Waals surface area contributed by atoms with Crippen LogP contribution in [0.2, 0.25) is 0 Å². The van der Waals surface area contributed by atoms with Crippen molar-refractivity contribution in [3.63, 3.8) is 0 Å². The summed E-state index contributed by atoms with van der Waals surface area (Å²) in [7, 11) is 1.40. The molecule has 1 aromatic rings. The molecule has 1 aromatic heterocycles. The quantitative estimate of drug-likeness (QED) is 0.473. The summed E-state index contributed by atoms with van der Waals surface area (Å²) in [6, 6.07) is 1.01. The molecular formula is C6H7N3O3. The molecule has 6 nitrogen and oxygen atoms in total. The first-order valence-electron chi connectivity index (χ1n) is 3.19. The maximum absolute atomic E-state index is 10.9. The van der Waals surface area contributed by atoms with Crippen LogP contribution in [-0.2, 0) is 0 Å². The monoisotopic (exact) mass is 169 g/mol. The van der Waals surface area contributed by atoms with Gasteiger partial charge >= 0.3 is 5.69 Å². The molecule has 6 heteroatoms. The SMILES string of the molecule is CNC(=O)c1cc(=O)[nH]c(=O)[nH]1. The lowest BCUT2D eigenvalue weighted by atomic mass is 10.4. The molecule has 1 rings (SSSR count). The highest BCUT2D eigenvalue weighted by Crippen LogP contribution is 1.82. The van der Waals surface area contributed by atoms with E-state index in [4.69, 9.17) is 0 Å². The molecule has 1 amide bonds. The van der Waals surface area contributed by atoms with Crippen molar-refractivity contribution in [2.24, 2.45) is 0 Å². The molecule has 0 aliphatic carbocycles. The van der Waals surface area contributed by atoms with Crippen molar-refractivity contribution < 1.29 is 4.79 Å². The van der Waals surface area contributed by atoms with Gasteiger partial charge in [0.2, 0.25) is 0 Å². The van der Waals surface area contributed by atoms with Gasteiger partial charge in [-0.15, -0.1) is 0 Å². The number of carbonyl (C=O) groups is 1. The first kappa shape index (κ1) is 8.25. The fraction of sp³-hybridized carbons (Fsp3) is 0.167. The third kappa shape index (κ3) is 1.60. The first-order valence-corrected chi connectivity index (χ1v) is 3.19. The predicted molar refractivity (Wildman–Crippen MR) is 41.1 cm³/mol. The van der Waals surface area contributed by atoms with Gasteiger partial charge in [-0.2, -0.15) is 0 Å². The van der Waals surface area contributed by atoms with Crippen LogP contribution in [0.15, 0.2) is 15.7 Å². The number of aromatic nitrogens is 2. The van der Waals surface area contributed by atoms with E-state index in [1.807, 2.05) is 4.98 Å². The Bertz CT molecular complexity index is 375. The number of hydrogen-bond acceptors (Lipinski definition) is 3. The summed E-state index contributed by atoms with van der Waals surface area (Å²) in [5.74, 6) is -0.502.